The largest absolute Gasteiger partial charge is 0.481 e. The van der Waals surface area contributed by atoms with Crippen molar-refractivity contribution < 1.29 is 18.7 Å². The van der Waals surface area contributed by atoms with Crippen molar-refractivity contribution in [2.45, 2.75) is 19.3 Å². The van der Waals surface area contributed by atoms with Gasteiger partial charge in [0.2, 0.25) is 11.3 Å². The van der Waals surface area contributed by atoms with Gasteiger partial charge in [-0.2, -0.15) is 0 Å². The average Bonchev–Trinajstić information content (AvgIpc) is 2.48. The van der Waals surface area contributed by atoms with Gasteiger partial charge in [-0.05, 0) is 25.2 Å². The van der Waals surface area contributed by atoms with E-state index < -0.39 is 17.2 Å². The van der Waals surface area contributed by atoms with Gasteiger partial charge in [0.1, 0.15) is 0 Å². The van der Waals surface area contributed by atoms with Crippen LogP contribution >= 0.6 is 0 Å². The fourth-order valence-corrected chi connectivity index (χ4v) is 2.05. The molecule has 3 atom stereocenters. The number of carbonyl (C=O) groups is 1. The van der Waals surface area contributed by atoms with E-state index in [1.54, 1.807) is 0 Å². The Labute approximate surface area is 78.9 Å². The molecule has 3 N–H and O–H groups in total. The molecule has 0 aromatic heterocycles. The molecule has 1 fully saturated rings. The van der Waals surface area contributed by atoms with E-state index in [2.05, 4.69) is 4.72 Å². The number of hydrogen-bond donors (Lipinski definition) is 3. The highest BCUT2D eigenvalue weighted by molar-refractivity contribution is 7.77. The SMILES string of the molecule is O=C(O)C1CCC(CNS(=O)O)C1. The van der Waals surface area contributed by atoms with Crippen molar-refractivity contribution in [3.8, 4) is 0 Å². The summed E-state index contributed by atoms with van der Waals surface area (Å²) in [6, 6.07) is 0. The molecule has 3 unspecified atom stereocenters. The van der Waals surface area contributed by atoms with E-state index in [1.807, 2.05) is 0 Å². The molecule has 1 aliphatic rings. The summed E-state index contributed by atoms with van der Waals surface area (Å²) in [5.41, 5.74) is 0. The van der Waals surface area contributed by atoms with Crippen molar-refractivity contribution in [1.82, 2.24) is 4.72 Å². The third-order valence-electron chi connectivity index (χ3n) is 2.39. The van der Waals surface area contributed by atoms with Crippen molar-refractivity contribution in [2.24, 2.45) is 11.8 Å². The van der Waals surface area contributed by atoms with Crippen molar-refractivity contribution >= 4 is 17.2 Å². The predicted molar refractivity (Wildman–Crippen MR) is 47.2 cm³/mol. The van der Waals surface area contributed by atoms with Crippen LogP contribution in [-0.4, -0.2) is 26.4 Å². The number of nitrogens with one attached hydrogen (secondary N) is 1. The first-order valence-electron chi connectivity index (χ1n) is 4.16. The normalized spacial score (nSPS) is 30.2. The molecule has 76 valence electrons. The molecule has 0 bridgehead atoms. The Morgan fingerprint density at radius 3 is 2.69 bits per heavy atom. The van der Waals surface area contributed by atoms with E-state index in [-0.39, 0.29) is 11.8 Å². The smallest absolute Gasteiger partial charge is 0.306 e. The van der Waals surface area contributed by atoms with Crippen LogP contribution in [0.1, 0.15) is 19.3 Å². The average molecular weight is 207 g/mol. The monoisotopic (exact) mass is 207 g/mol. The Balaban J connectivity index is 2.25. The van der Waals surface area contributed by atoms with Gasteiger partial charge in [0.05, 0.1) is 5.92 Å². The fourth-order valence-electron chi connectivity index (χ4n) is 1.67. The lowest BCUT2D eigenvalue weighted by atomic mass is 10.1. The Hall–Kier alpha value is -0.460. The zero-order valence-corrected chi connectivity index (χ0v) is 7.92. The highest BCUT2D eigenvalue weighted by Crippen LogP contribution is 2.30. The summed E-state index contributed by atoms with van der Waals surface area (Å²) in [4.78, 5) is 10.6. The van der Waals surface area contributed by atoms with Gasteiger partial charge >= 0.3 is 5.97 Å². The zero-order valence-electron chi connectivity index (χ0n) is 7.10. The Morgan fingerprint density at radius 1 is 1.54 bits per heavy atom. The first-order valence-corrected chi connectivity index (χ1v) is 5.27. The highest BCUT2D eigenvalue weighted by atomic mass is 32.2. The van der Waals surface area contributed by atoms with Crippen LogP contribution < -0.4 is 4.72 Å². The maximum absolute atomic E-state index is 10.6. The lowest BCUT2D eigenvalue weighted by molar-refractivity contribution is -0.141. The van der Waals surface area contributed by atoms with Crippen LogP contribution in [0, 0.1) is 11.8 Å². The Kier molecular flexibility index (Phi) is 3.83. The molecule has 1 saturated carbocycles. The topological polar surface area (TPSA) is 86.6 Å². The molecule has 0 aromatic carbocycles. The molecule has 13 heavy (non-hydrogen) atoms. The molecule has 0 aromatic rings. The fraction of sp³-hybridized carbons (Fsp3) is 0.857. The molecule has 1 aliphatic carbocycles. The van der Waals surface area contributed by atoms with Crippen LogP contribution in [0.15, 0.2) is 0 Å². The summed E-state index contributed by atoms with van der Waals surface area (Å²) in [5.74, 6) is -0.802. The number of carboxylic acid groups (broad SMARTS) is 1. The summed E-state index contributed by atoms with van der Waals surface area (Å²) in [6.07, 6.45) is 2.11. The molecule has 0 amide bonds. The molecule has 0 heterocycles. The second-order valence-corrected chi connectivity index (χ2v) is 4.10. The quantitative estimate of drug-likeness (QED) is 0.575. The molecule has 0 aliphatic heterocycles. The van der Waals surface area contributed by atoms with Gasteiger partial charge in [-0.15, -0.1) is 0 Å². The lowest BCUT2D eigenvalue weighted by Gasteiger charge is -2.07. The summed E-state index contributed by atoms with van der Waals surface area (Å²) < 4.78 is 21.1. The third kappa shape index (κ3) is 3.41. The summed E-state index contributed by atoms with van der Waals surface area (Å²) in [7, 11) is 0. The minimum atomic E-state index is -1.98. The molecule has 0 radical (unpaired) electrons. The van der Waals surface area contributed by atoms with Crippen molar-refractivity contribution in [2.75, 3.05) is 6.54 Å². The molecular weight excluding hydrogens is 194 g/mol. The van der Waals surface area contributed by atoms with E-state index in [0.29, 0.717) is 19.4 Å². The first-order chi connectivity index (χ1) is 6.09. The van der Waals surface area contributed by atoms with Crippen LogP contribution in [0.3, 0.4) is 0 Å². The van der Waals surface area contributed by atoms with Crippen LogP contribution in [0.5, 0.6) is 0 Å². The second-order valence-electron chi connectivity index (χ2n) is 3.31. The van der Waals surface area contributed by atoms with Crippen LogP contribution in [0.4, 0.5) is 0 Å². The van der Waals surface area contributed by atoms with Gasteiger partial charge in [0.15, 0.2) is 0 Å². The van der Waals surface area contributed by atoms with E-state index in [9.17, 15) is 9.00 Å². The van der Waals surface area contributed by atoms with Crippen molar-refractivity contribution in [1.29, 1.82) is 0 Å². The maximum Gasteiger partial charge on any atom is 0.306 e. The highest BCUT2D eigenvalue weighted by Gasteiger charge is 2.29. The second kappa shape index (κ2) is 4.69. The zero-order chi connectivity index (χ0) is 9.84. The van der Waals surface area contributed by atoms with Gasteiger partial charge in [-0.25, -0.2) is 8.93 Å². The Bertz CT molecular complexity index is 221. The minimum absolute atomic E-state index is 0.220. The van der Waals surface area contributed by atoms with Crippen LogP contribution in [0.25, 0.3) is 0 Å². The molecular formula is C7H13NO4S. The number of carboxylic acids is 1. The maximum atomic E-state index is 10.6. The number of rotatable bonds is 4. The first kappa shape index (κ1) is 10.6. The summed E-state index contributed by atoms with van der Waals surface area (Å²) in [6.45, 7) is 0.424. The van der Waals surface area contributed by atoms with Gasteiger partial charge in [-0.3, -0.25) is 9.35 Å². The molecule has 6 heteroatoms. The third-order valence-corrected chi connectivity index (χ3v) is 2.80. The summed E-state index contributed by atoms with van der Waals surface area (Å²) in [5, 5.41) is 8.68. The molecule has 0 spiro atoms. The van der Waals surface area contributed by atoms with Crippen LogP contribution in [0.2, 0.25) is 0 Å². The predicted octanol–water partition coefficient (Wildman–Crippen LogP) is 0.214. The van der Waals surface area contributed by atoms with E-state index in [0.717, 1.165) is 6.42 Å². The number of hydrogen-bond acceptors (Lipinski definition) is 2. The van der Waals surface area contributed by atoms with E-state index in [1.165, 1.54) is 0 Å². The standard InChI is InChI=1S/C7H13NO4S/c9-7(10)6-2-1-5(3-6)4-8-13(11)12/h5-6,8H,1-4H2,(H,9,10)(H,11,12). The van der Waals surface area contributed by atoms with Crippen molar-refractivity contribution in [3.63, 3.8) is 0 Å². The molecule has 5 nitrogen and oxygen atoms in total. The minimum Gasteiger partial charge on any atom is -0.481 e. The Morgan fingerprint density at radius 2 is 2.23 bits per heavy atom. The number of aliphatic carboxylic acids is 1. The summed E-state index contributed by atoms with van der Waals surface area (Å²) >= 11 is -1.98. The van der Waals surface area contributed by atoms with Gasteiger partial charge in [-0.1, -0.05) is 0 Å². The van der Waals surface area contributed by atoms with Crippen molar-refractivity contribution in [3.05, 3.63) is 0 Å². The van der Waals surface area contributed by atoms with E-state index in [4.69, 9.17) is 9.66 Å². The van der Waals surface area contributed by atoms with Gasteiger partial charge in [0, 0.05) is 6.54 Å². The lowest BCUT2D eigenvalue weighted by Crippen LogP contribution is -2.23. The van der Waals surface area contributed by atoms with Crippen LogP contribution in [-0.2, 0) is 16.1 Å². The van der Waals surface area contributed by atoms with E-state index >= 15 is 0 Å². The van der Waals surface area contributed by atoms with Gasteiger partial charge in [0.25, 0.3) is 0 Å². The molecule has 1 rings (SSSR count). The van der Waals surface area contributed by atoms with Gasteiger partial charge < -0.3 is 5.11 Å². The molecule has 0 saturated heterocycles.